The molecule has 4 rings (SSSR count). The van der Waals surface area contributed by atoms with Crippen LogP contribution in [0.5, 0.6) is 11.5 Å². The third-order valence-electron chi connectivity index (χ3n) is 5.05. The van der Waals surface area contributed by atoms with Crippen molar-refractivity contribution in [3.05, 3.63) is 96.2 Å². The first kappa shape index (κ1) is 24.9. The van der Waals surface area contributed by atoms with Crippen molar-refractivity contribution in [2.75, 3.05) is 7.11 Å². The van der Waals surface area contributed by atoms with E-state index in [0.717, 1.165) is 17.3 Å². The van der Waals surface area contributed by atoms with Crippen molar-refractivity contribution >= 4 is 72.4 Å². The van der Waals surface area contributed by atoms with Crippen LogP contribution in [0.1, 0.15) is 16.7 Å². The van der Waals surface area contributed by atoms with Crippen LogP contribution in [0.3, 0.4) is 0 Å². The SMILES string of the molecule is COc1cc(/C=C2\SC(=O)N(Cc3ccccc3Cl)C2=O)c(Br)c(Br)c1OCc1ccccc1. The largest absolute Gasteiger partial charge is 0.493 e. The summed E-state index contributed by atoms with van der Waals surface area (Å²) < 4.78 is 12.9. The summed E-state index contributed by atoms with van der Waals surface area (Å²) in [7, 11) is 1.55. The summed E-state index contributed by atoms with van der Waals surface area (Å²) in [5.74, 6) is 0.649. The zero-order valence-electron chi connectivity index (χ0n) is 17.9. The van der Waals surface area contributed by atoms with Crippen molar-refractivity contribution < 1.29 is 19.1 Å². The number of hydrogen-bond acceptors (Lipinski definition) is 5. The first-order chi connectivity index (χ1) is 16.4. The number of methoxy groups -OCH3 is 1. The molecule has 0 aromatic heterocycles. The normalized spacial score (nSPS) is 14.7. The van der Waals surface area contributed by atoms with Crippen LogP contribution in [0.2, 0.25) is 5.02 Å². The van der Waals surface area contributed by atoms with E-state index in [1.165, 1.54) is 4.90 Å². The number of ether oxygens (including phenoxy) is 2. The van der Waals surface area contributed by atoms with Gasteiger partial charge in [-0.2, -0.15) is 0 Å². The van der Waals surface area contributed by atoms with Gasteiger partial charge in [-0.1, -0.05) is 60.1 Å². The Labute approximate surface area is 223 Å². The number of carbonyl (C=O) groups excluding carboxylic acids is 2. The molecule has 34 heavy (non-hydrogen) atoms. The Kier molecular flexibility index (Phi) is 8.03. The van der Waals surface area contributed by atoms with Gasteiger partial charge in [-0.3, -0.25) is 14.5 Å². The van der Waals surface area contributed by atoms with E-state index >= 15 is 0 Å². The minimum atomic E-state index is -0.374. The summed E-state index contributed by atoms with van der Waals surface area (Å²) in [5.41, 5.74) is 2.39. The summed E-state index contributed by atoms with van der Waals surface area (Å²) in [6.45, 7) is 0.477. The molecule has 1 saturated heterocycles. The molecule has 1 heterocycles. The molecule has 9 heteroatoms. The van der Waals surface area contributed by atoms with Gasteiger partial charge in [-0.25, -0.2) is 0 Å². The van der Waals surface area contributed by atoms with Gasteiger partial charge in [0, 0.05) is 9.50 Å². The van der Waals surface area contributed by atoms with E-state index < -0.39 is 0 Å². The van der Waals surface area contributed by atoms with E-state index in [0.29, 0.717) is 48.1 Å². The van der Waals surface area contributed by atoms with Crippen LogP contribution in [0.4, 0.5) is 4.79 Å². The molecule has 2 amide bonds. The number of halogens is 3. The Morgan fingerprint density at radius 1 is 1.03 bits per heavy atom. The van der Waals surface area contributed by atoms with Gasteiger partial charge < -0.3 is 9.47 Å². The summed E-state index contributed by atoms with van der Waals surface area (Å²) in [6.07, 6.45) is 1.66. The maximum atomic E-state index is 13.0. The Balaban J connectivity index is 1.60. The van der Waals surface area contributed by atoms with Gasteiger partial charge in [0.2, 0.25) is 0 Å². The van der Waals surface area contributed by atoms with Crippen LogP contribution in [-0.2, 0) is 17.9 Å². The van der Waals surface area contributed by atoms with Gasteiger partial charge in [0.15, 0.2) is 11.5 Å². The van der Waals surface area contributed by atoms with Gasteiger partial charge in [-0.05, 0) is 78.5 Å². The van der Waals surface area contributed by atoms with E-state index in [1.54, 1.807) is 37.5 Å². The standard InChI is InChI=1S/C25H18Br2ClNO4S/c1-32-19-11-17(21(26)22(27)23(19)33-14-15-7-3-2-4-8-15)12-20-24(30)29(25(31)34-20)13-16-9-5-6-10-18(16)28/h2-12H,13-14H2,1H3/b20-12-. The van der Waals surface area contributed by atoms with Crippen LogP contribution in [0.15, 0.2) is 74.5 Å². The second-order valence-corrected chi connectivity index (χ2v) is 10.2. The van der Waals surface area contributed by atoms with E-state index in [2.05, 4.69) is 31.9 Å². The zero-order chi connectivity index (χ0) is 24.2. The highest BCUT2D eigenvalue weighted by atomic mass is 79.9. The lowest BCUT2D eigenvalue weighted by molar-refractivity contribution is -0.123. The fraction of sp³-hybridized carbons (Fsp3) is 0.120. The van der Waals surface area contributed by atoms with E-state index in [9.17, 15) is 9.59 Å². The highest BCUT2D eigenvalue weighted by molar-refractivity contribution is 9.13. The van der Waals surface area contributed by atoms with Crippen molar-refractivity contribution in [1.82, 2.24) is 4.90 Å². The molecule has 0 N–H and O–H groups in total. The van der Waals surface area contributed by atoms with Gasteiger partial charge in [0.1, 0.15) is 6.61 Å². The van der Waals surface area contributed by atoms with E-state index in [1.807, 2.05) is 36.4 Å². The smallest absolute Gasteiger partial charge is 0.293 e. The molecule has 174 valence electrons. The van der Waals surface area contributed by atoms with Gasteiger partial charge >= 0.3 is 0 Å². The van der Waals surface area contributed by atoms with Crippen LogP contribution in [0, 0.1) is 0 Å². The van der Waals surface area contributed by atoms with Crippen molar-refractivity contribution in [3.8, 4) is 11.5 Å². The number of nitrogens with zero attached hydrogens (tertiary/aromatic N) is 1. The van der Waals surface area contributed by atoms with Crippen LogP contribution >= 0.6 is 55.2 Å². The van der Waals surface area contributed by atoms with Crippen LogP contribution in [-0.4, -0.2) is 23.2 Å². The second kappa shape index (κ2) is 11.0. The Bertz CT molecular complexity index is 1280. The zero-order valence-corrected chi connectivity index (χ0v) is 22.6. The molecule has 1 aliphatic rings. The lowest BCUT2D eigenvalue weighted by atomic mass is 10.1. The summed E-state index contributed by atoms with van der Waals surface area (Å²) in [6, 6.07) is 18.7. The quantitative estimate of drug-likeness (QED) is 0.253. The summed E-state index contributed by atoms with van der Waals surface area (Å²) in [5, 5.41) is 0.161. The maximum Gasteiger partial charge on any atom is 0.293 e. The van der Waals surface area contributed by atoms with E-state index in [4.69, 9.17) is 21.1 Å². The lowest BCUT2D eigenvalue weighted by Crippen LogP contribution is -2.27. The minimum absolute atomic E-state index is 0.113. The second-order valence-electron chi connectivity index (χ2n) is 7.26. The Hall–Kier alpha value is -2.26. The molecular weight excluding hydrogens is 606 g/mol. The molecule has 0 bridgehead atoms. The van der Waals surface area contributed by atoms with Crippen molar-refractivity contribution in [2.24, 2.45) is 0 Å². The molecule has 0 saturated carbocycles. The maximum absolute atomic E-state index is 13.0. The summed E-state index contributed by atoms with van der Waals surface area (Å²) in [4.78, 5) is 27.1. The molecule has 0 unspecified atom stereocenters. The van der Waals surface area contributed by atoms with Crippen molar-refractivity contribution in [1.29, 1.82) is 0 Å². The number of benzene rings is 3. The number of hydrogen-bond donors (Lipinski definition) is 0. The average Bonchev–Trinajstić information content (AvgIpc) is 3.10. The van der Waals surface area contributed by atoms with Gasteiger partial charge in [0.05, 0.1) is 23.0 Å². The summed E-state index contributed by atoms with van der Waals surface area (Å²) >= 11 is 14.2. The molecule has 5 nitrogen and oxygen atoms in total. The van der Waals surface area contributed by atoms with Crippen LogP contribution < -0.4 is 9.47 Å². The first-order valence-corrected chi connectivity index (χ1v) is 12.9. The highest BCUT2D eigenvalue weighted by Gasteiger charge is 2.35. The predicted octanol–water partition coefficient (Wildman–Crippen LogP) is 7.69. The predicted molar refractivity (Wildman–Crippen MR) is 142 cm³/mol. The van der Waals surface area contributed by atoms with E-state index in [-0.39, 0.29) is 17.7 Å². The highest BCUT2D eigenvalue weighted by Crippen LogP contribution is 2.45. The average molecular weight is 624 g/mol. The number of thioether (sulfide) groups is 1. The number of imide groups is 1. The third-order valence-corrected chi connectivity index (χ3v) is 8.47. The number of rotatable bonds is 7. The van der Waals surface area contributed by atoms with Crippen molar-refractivity contribution in [2.45, 2.75) is 13.2 Å². The number of amides is 2. The minimum Gasteiger partial charge on any atom is -0.493 e. The Morgan fingerprint density at radius 3 is 2.44 bits per heavy atom. The fourth-order valence-corrected chi connectivity index (χ4v) is 5.27. The van der Waals surface area contributed by atoms with Gasteiger partial charge in [-0.15, -0.1) is 0 Å². The topological polar surface area (TPSA) is 55.8 Å². The molecule has 3 aromatic rings. The lowest BCUT2D eigenvalue weighted by Gasteiger charge is -2.16. The molecule has 1 aliphatic heterocycles. The fourth-order valence-electron chi connectivity index (χ4n) is 3.30. The van der Waals surface area contributed by atoms with Crippen molar-refractivity contribution in [3.63, 3.8) is 0 Å². The molecule has 3 aromatic carbocycles. The third kappa shape index (κ3) is 5.35. The monoisotopic (exact) mass is 621 g/mol. The molecular formula is C25H18Br2ClNO4S. The first-order valence-electron chi connectivity index (χ1n) is 10.1. The Morgan fingerprint density at radius 2 is 1.74 bits per heavy atom. The molecule has 0 spiro atoms. The molecule has 0 aliphatic carbocycles. The molecule has 1 fully saturated rings. The molecule has 0 atom stereocenters. The van der Waals surface area contributed by atoms with Crippen LogP contribution in [0.25, 0.3) is 6.08 Å². The number of carbonyl (C=O) groups is 2. The molecule has 0 radical (unpaired) electrons. The van der Waals surface area contributed by atoms with Gasteiger partial charge in [0.25, 0.3) is 11.1 Å².